The maximum atomic E-state index is 10.1. The van der Waals surface area contributed by atoms with E-state index < -0.39 is 0 Å². The molecule has 118 valence electrons. The number of phenols is 2. The van der Waals surface area contributed by atoms with E-state index >= 15 is 0 Å². The third-order valence-corrected chi connectivity index (χ3v) is 4.43. The van der Waals surface area contributed by atoms with E-state index in [9.17, 15) is 10.2 Å². The molecule has 1 aliphatic rings. The van der Waals surface area contributed by atoms with Gasteiger partial charge in [0, 0.05) is 12.6 Å². The molecule has 0 radical (unpaired) electrons. The molecule has 2 rings (SSSR count). The Labute approximate surface area is 127 Å². The van der Waals surface area contributed by atoms with E-state index in [0.717, 1.165) is 32.6 Å². The number of rotatable bonds is 6. The van der Waals surface area contributed by atoms with E-state index in [1.165, 1.54) is 12.8 Å². The first-order chi connectivity index (χ1) is 10.1. The molecule has 2 unspecified atom stereocenters. The molecular formula is C17H28N2O2. The Hall–Kier alpha value is -1.26. The Morgan fingerprint density at radius 2 is 2.05 bits per heavy atom. The number of nitrogens with zero attached hydrogens (tertiary/aromatic N) is 1. The largest absolute Gasteiger partial charge is 0.507 e. The second-order valence-electron chi connectivity index (χ2n) is 6.09. The van der Waals surface area contributed by atoms with Crippen molar-refractivity contribution >= 4 is 0 Å². The molecule has 21 heavy (non-hydrogen) atoms. The summed E-state index contributed by atoms with van der Waals surface area (Å²) in [5.74, 6) is 1.02. The molecule has 4 heteroatoms. The predicted octanol–water partition coefficient (Wildman–Crippen LogP) is 2.87. The Morgan fingerprint density at radius 1 is 1.33 bits per heavy atom. The number of nitrogens with one attached hydrogen (secondary N) is 1. The van der Waals surface area contributed by atoms with Crippen LogP contribution < -0.4 is 5.32 Å². The van der Waals surface area contributed by atoms with Gasteiger partial charge in [-0.25, -0.2) is 0 Å². The van der Waals surface area contributed by atoms with Gasteiger partial charge in [-0.3, -0.25) is 4.90 Å². The molecule has 1 aliphatic heterocycles. The second-order valence-corrected chi connectivity index (χ2v) is 6.09. The first-order valence-corrected chi connectivity index (χ1v) is 8.09. The highest BCUT2D eigenvalue weighted by Gasteiger charge is 2.24. The fourth-order valence-corrected chi connectivity index (χ4v) is 3.29. The van der Waals surface area contributed by atoms with Crippen molar-refractivity contribution in [3.8, 4) is 11.5 Å². The van der Waals surface area contributed by atoms with E-state index in [1.54, 1.807) is 18.2 Å². The summed E-state index contributed by atoms with van der Waals surface area (Å²) >= 11 is 0. The van der Waals surface area contributed by atoms with Crippen molar-refractivity contribution in [2.24, 2.45) is 5.92 Å². The van der Waals surface area contributed by atoms with Gasteiger partial charge in [-0.15, -0.1) is 0 Å². The number of phenolic OH excluding ortho intramolecular Hbond substituents is 2. The standard InChI is InChI=1S/C17H28N2O2/c1-3-10-19(12-14-6-5-9-18-11-14)13(2)17-15(20)7-4-8-16(17)21/h4,7-8,13-14,18,20-21H,3,5-6,9-12H2,1-2H3. The van der Waals surface area contributed by atoms with Crippen molar-refractivity contribution in [3.05, 3.63) is 23.8 Å². The molecular weight excluding hydrogens is 264 g/mol. The van der Waals surface area contributed by atoms with Crippen LogP contribution in [0, 0.1) is 5.92 Å². The molecule has 0 bridgehead atoms. The number of hydrogen-bond donors (Lipinski definition) is 3. The average molecular weight is 292 g/mol. The fourth-order valence-electron chi connectivity index (χ4n) is 3.29. The number of aromatic hydroxyl groups is 2. The van der Waals surface area contributed by atoms with Crippen LogP contribution in [0.2, 0.25) is 0 Å². The van der Waals surface area contributed by atoms with Crippen LogP contribution in [0.25, 0.3) is 0 Å². The van der Waals surface area contributed by atoms with Crippen LogP contribution in [0.3, 0.4) is 0 Å². The molecule has 1 aromatic carbocycles. The van der Waals surface area contributed by atoms with Gasteiger partial charge >= 0.3 is 0 Å². The SMILES string of the molecule is CCCN(CC1CCCNC1)C(C)c1c(O)cccc1O. The van der Waals surface area contributed by atoms with Crippen molar-refractivity contribution in [3.63, 3.8) is 0 Å². The van der Waals surface area contributed by atoms with Crippen LogP contribution in [0.4, 0.5) is 0 Å². The summed E-state index contributed by atoms with van der Waals surface area (Å²) in [5.41, 5.74) is 0.648. The van der Waals surface area contributed by atoms with E-state index in [0.29, 0.717) is 11.5 Å². The monoisotopic (exact) mass is 292 g/mol. The zero-order valence-corrected chi connectivity index (χ0v) is 13.2. The molecule has 0 amide bonds. The van der Waals surface area contributed by atoms with Crippen molar-refractivity contribution in [2.45, 2.75) is 39.2 Å². The maximum absolute atomic E-state index is 10.1. The first-order valence-electron chi connectivity index (χ1n) is 8.09. The minimum Gasteiger partial charge on any atom is -0.507 e. The zero-order chi connectivity index (χ0) is 15.2. The second kappa shape index (κ2) is 7.66. The summed E-state index contributed by atoms with van der Waals surface area (Å²) in [4.78, 5) is 2.38. The van der Waals surface area contributed by atoms with Gasteiger partial charge in [0.2, 0.25) is 0 Å². The van der Waals surface area contributed by atoms with Gasteiger partial charge in [0.25, 0.3) is 0 Å². The molecule has 0 aromatic heterocycles. The van der Waals surface area contributed by atoms with Crippen LogP contribution in [-0.2, 0) is 0 Å². The summed E-state index contributed by atoms with van der Waals surface area (Å²) in [6, 6.07) is 5.00. The lowest BCUT2D eigenvalue weighted by atomic mass is 9.96. The van der Waals surface area contributed by atoms with E-state index in [-0.39, 0.29) is 17.5 Å². The van der Waals surface area contributed by atoms with E-state index in [1.807, 2.05) is 0 Å². The van der Waals surface area contributed by atoms with E-state index in [2.05, 4.69) is 24.1 Å². The quantitative estimate of drug-likeness (QED) is 0.754. The summed E-state index contributed by atoms with van der Waals surface area (Å²) in [5, 5.41) is 23.6. The topological polar surface area (TPSA) is 55.7 Å². The Kier molecular flexibility index (Phi) is 5.88. The van der Waals surface area contributed by atoms with Gasteiger partial charge < -0.3 is 15.5 Å². The molecule has 4 nitrogen and oxygen atoms in total. The molecule has 1 heterocycles. The lowest BCUT2D eigenvalue weighted by Gasteiger charge is -2.34. The van der Waals surface area contributed by atoms with Crippen LogP contribution in [0.1, 0.15) is 44.7 Å². The lowest BCUT2D eigenvalue weighted by Crippen LogP contribution is -2.39. The molecule has 0 aliphatic carbocycles. The Morgan fingerprint density at radius 3 is 2.62 bits per heavy atom. The molecule has 2 atom stereocenters. The van der Waals surface area contributed by atoms with Gasteiger partial charge in [0.15, 0.2) is 0 Å². The lowest BCUT2D eigenvalue weighted by molar-refractivity contribution is 0.159. The van der Waals surface area contributed by atoms with Crippen LogP contribution >= 0.6 is 0 Å². The highest BCUT2D eigenvalue weighted by Crippen LogP contribution is 2.36. The summed E-state index contributed by atoms with van der Waals surface area (Å²) in [6.07, 6.45) is 3.56. The predicted molar refractivity (Wildman–Crippen MR) is 85.6 cm³/mol. The molecule has 0 saturated carbocycles. The minimum atomic E-state index is 0.0214. The highest BCUT2D eigenvalue weighted by molar-refractivity contribution is 5.44. The number of hydrogen-bond acceptors (Lipinski definition) is 4. The fraction of sp³-hybridized carbons (Fsp3) is 0.647. The van der Waals surface area contributed by atoms with Crippen molar-refractivity contribution in [2.75, 3.05) is 26.2 Å². The summed E-state index contributed by atoms with van der Waals surface area (Å²) < 4.78 is 0. The Balaban J connectivity index is 2.12. The third-order valence-electron chi connectivity index (χ3n) is 4.43. The van der Waals surface area contributed by atoms with E-state index in [4.69, 9.17) is 0 Å². The normalized spacial score (nSPS) is 20.6. The average Bonchev–Trinajstić information content (AvgIpc) is 2.47. The first kappa shape index (κ1) is 16.1. The van der Waals surface area contributed by atoms with Crippen molar-refractivity contribution < 1.29 is 10.2 Å². The van der Waals surface area contributed by atoms with Gasteiger partial charge in [-0.05, 0) is 63.9 Å². The highest BCUT2D eigenvalue weighted by atomic mass is 16.3. The zero-order valence-electron chi connectivity index (χ0n) is 13.2. The molecule has 1 fully saturated rings. The molecule has 0 spiro atoms. The molecule has 1 aromatic rings. The minimum absolute atomic E-state index is 0.0214. The van der Waals surface area contributed by atoms with Gasteiger partial charge in [-0.1, -0.05) is 13.0 Å². The van der Waals surface area contributed by atoms with Gasteiger partial charge in [-0.2, -0.15) is 0 Å². The van der Waals surface area contributed by atoms with Crippen LogP contribution in [0.15, 0.2) is 18.2 Å². The summed E-state index contributed by atoms with van der Waals surface area (Å²) in [6.45, 7) is 8.42. The summed E-state index contributed by atoms with van der Waals surface area (Å²) in [7, 11) is 0. The van der Waals surface area contributed by atoms with Crippen LogP contribution in [0.5, 0.6) is 11.5 Å². The third kappa shape index (κ3) is 4.11. The number of benzene rings is 1. The van der Waals surface area contributed by atoms with Gasteiger partial charge in [0.05, 0.1) is 5.56 Å². The maximum Gasteiger partial charge on any atom is 0.124 e. The van der Waals surface area contributed by atoms with Crippen molar-refractivity contribution in [1.82, 2.24) is 10.2 Å². The van der Waals surface area contributed by atoms with Crippen LogP contribution in [-0.4, -0.2) is 41.3 Å². The molecule has 3 N–H and O–H groups in total. The molecule has 1 saturated heterocycles. The van der Waals surface area contributed by atoms with Gasteiger partial charge in [0.1, 0.15) is 11.5 Å². The number of piperidine rings is 1. The Bertz CT molecular complexity index is 424. The van der Waals surface area contributed by atoms with Crippen molar-refractivity contribution in [1.29, 1.82) is 0 Å². The smallest absolute Gasteiger partial charge is 0.124 e.